The largest absolute Gasteiger partial charge is 0.330 e. The van der Waals surface area contributed by atoms with Crippen LogP contribution in [0.25, 0.3) is 0 Å². The van der Waals surface area contributed by atoms with Crippen molar-refractivity contribution in [3.63, 3.8) is 0 Å². The predicted molar refractivity (Wildman–Crippen MR) is 88.0 cm³/mol. The van der Waals surface area contributed by atoms with Crippen LogP contribution in [0.4, 0.5) is 0 Å². The average Bonchev–Trinajstić information content (AvgIpc) is 3.02. The summed E-state index contributed by atoms with van der Waals surface area (Å²) in [6, 6.07) is 22.8. The van der Waals surface area contributed by atoms with Gasteiger partial charge in [0.15, 0.2) is 0 Å². The van der Waals surface area contributed by atoms with Gasteiger partial charge in [-0.05, 0) is 16.9 Å². The number of imidazole rings is 1. The highest BCUT2D eigenvalue weighted by Gasteiger charge is 2.19. The molecular weight excluding hydrogens is 269 g/mol. The van der Waals surface area contributed by atoms with Gasteiger partial charge < -0.3 is 4.57 Å². The Morgan fingerprint density at radius 2 is 1.59 bits per heavy atom. The van der Waals surface area contributed by atoms with Crippen LogP contribution in [0.1, 0.15) is 16.9 Å². The lowest BCUT2D eigenvalue weighted by atomic mass is 9.58. The summed E-state index contributed by atoms with van der Waals surface area (Å²) in [7, 11) is 2.11. The van der Waals surface area contributed by atoms with Crippen molar-refractivity contribution in [3.8, 4) is 6.07 Å². The number of rotatable bonds is 5. The smallest absolute Gasteiger partial charge is 0.215 e. The van der Waals surface area contributed by atoms with E-state index in [1.807, 2.05) is 47.2 Å². The van der Waals surface area contributed by atoms with E-state index in [0.717, 1.165) is 5.72 Å². The van der Waals surface area contributed by atoms with E-state index < -0.39 is 0 Å². The Hall–Kier alpha value is -2.80. The Kier molecular flexibility index (Phi) is 4.36. The molecule has 4 heteroatoms. The normalized spacial score (nSPS) is 10.4. The molecule has 0 fully saturated rings. The quantitative estimate of drug-likeness (QED) is 0.676. The fourth-order valence-electron chi connectivity index (χ4n) is 2.54. The number of nitriles is 1. The van der Waals surface area contributed by atoms with Gasteiger partial charge in [-0.3, -0.25) is 4.98 Å². The molecule has 0 saturated carbocycles. The molecule has 0 aliphatic carbocycles. The van der Waals surface area contributed by atoms with Crippen molar-refractivity contribution in [2.24, 2.45) is 0 Å². The lowest BCUT2D eigenvalue weighted by Gasteiger charge is -2.17. The maximum Gasteiger partial charge on any atom is 0.215 e. The van der Waals surface area contributed by atoms with Gasteiger partial charge in [0.25, 0.3) is 0 Å². The van der Waals surface area contributed by atoms with Crippen LogP contribution in [0.5, 0.6) is 0 Å². The summed E-state index contributed by atoms with van der Waals surface area (Å²) < 4.78 is 1.86. The van der Waals surface area contributed by atoms with E-state index in [2.05, 4.69) is 42.6 Å². The molecule has 0 N–H and O–H groups in total. The van der Waals surface area contributed by atoms with E-state index in [-0.39, 0.29) is 5.82 Å². The summed E-state index contributed by atoms with van der Waals surface area (Å²) in [4.78, 5) is 4.38. The zero-order valence-corrected chi connectivity index (χ0v) is 12.1. The molecule has 0 saturated heterocycles. The molecule has 0 amide bonds. The van der Waals surface area contributed by atoms with Crippen LogP contribution in [0, 0.1) is 11.3 Å². The van der Waals surface area contributed by atoms with Crippen molar-refractivity contribution in [1.82, 2.24) is 9.55 Å². The standard InChI is InChI=1S/C18H15BN3/c20-11-13-22-14-12-21-18(22)19-17(15-7-3-1-4-8-15)16-9-5-2-6-10-16/h1-10,12,14,17H,13H2. The number of hydrogen-bond acceptors (Lipinski definition) is 2. The first-order valence-electron chi connectivity index (χ1n) is 7.21. The van der Waals surface area contributed by atoms with Gasteiger partial charge in [-0.15, -0.1) is 0 Å². The summed E-state index contributed by atoms with van der Waals surface area (Å²) in [6.45, 7) is 0.308. The van der Waals surface area contributed by atoms with Crippen molar-refractivity contribution < 1.29 is 0 Å². The molecule has 1 aromatic heterocycles. The third-order valence-electron chi connectivity index (χ3n) is 3.62. The predicted octanol–water partition coefficient (Wildman–Crippen LogP) is 2.53. The van der Waals surface area contributed by atoms with Crippen LogP contribution >= 0.6 is 0 Å². The Balaban J connectivity index is 1.96. The first-order chi connectivity index (χ1) is 10.9. The second kappa shape index (κ2) is 6.77. The number of nitrogens with zero attached hydrogens (tertiary/aromatic N) is 3. The van der Waals surface area contributed by atoms with Gasteiger partial charge in [0, 0.05) is 12.4 Å². The van der Waals surface area contributed by atoms with Crippen molar-refractivity contribution in [1.29, 1.82) is 5.26 Å². The van der Waals surface area contributed by atoms with Gasteiger partial charge in [0.2, 0.25) is 7.28 Å². The van der Waals surface area contributed by atoms with E-state index in [1.165, 1.54) is 11.1 Å². The molecule has 0 spiro atoms. The summed E-state index contributed by atoms with van der Waals surface area (Å²) >= 11 is 0. The van der Waals surface area contributed by atoms with Crippen molar-refractivity contribution in [2.45, 2.75) is 12.4 Å². The molecule has 0 aliphatic heterocycles. The van der Waals surface area contributed by atoms with Crippen LogP contribution in [0.2, 0.25) is 0 Å². The average molecular weight is 284 g/mol. The van der Waals surface area contributed by atoms with Crippen LogP contribution in [-0.4, -0.2) is 16.8 Å². The molecule has 0 aliphatic rings. The van der Waals surface area contributed by atoms with Gasteiger partial charge in [-0.2, -0.15) is 5.26 Å². The molecular formula is C18H15BN3. The SMILES string of the molecule is N#CCn1ccnc1[B]C(c1ccccc1)c1ccccc1. The van der Waals surface area contributed by atoms with E-state index in [1.54, 1.807) is 6.20 Å². The van der Waals surface area contributed by atoms with Gasteiger partial charge in [-0.25, -0.2) is 0 Å². The molecule has 3 nitrogen and oxygen atoms in total. The summed E-state index contributed by atoms with van der Waals surface area (Å²) in [6.07, 6.45) is 3.57. The summed E-state index contributed by atoms with van der Waals surface area (Å²) in [5, 5.41) is 8.92. The molecule has 3 rings (SSSR count). The fourth-order valence-corrected chi connectivity index (χ4v) is 2.54. The number of hydrogen-bond donors (Lipinski definition) is 0. The number of aromatic nitrogens is 2. The van der Waals surface area contributed by atoms with Gasteiger partial charge in [0.05, 0.1) is 11.8 Å². The fraction of sp³-hybridized carbons (Fsp3) is 0.111. The van der Waals surface area contributed by atoms with Crippen molar-refractivity contribution in [3.05, 3.63) is 84.2 Å². The molecule has 1 heterocycles. The Morgan fingerprint density at radius 3 is 2.14 bits per heavy atom. The van der Waals surface area contributed by atoms with Gasteiger partial charge in [-0.1, -0.05) is 60.7 Å². The second-order valence-corrected chi connectivity index (χ2v) is 5.04. The third-order valence-corrected chi connectivity index (χ3v) is 3.62. The Labute approximate surface area is 131 Å². The zero-order valence-electron chi connectivity index (χ0n) is 12.1. The summed E-state index contributed by atoms with van der Waals surface area (Å²) in [5.41, 5.74) is 3.24. The highest BCUT2D eigenvalue weighted by atomic mass is 15.0. The number of benzene rings is 2. The van der Waals surface area contributed by atoms with Gasteiger partial charge >= 0.3 is 0 Å². The minimum atomic E-state index is 0.113. The van der Waals surface area contributed by atoms with Crippen LogP contribution in [-0.2, 0) is 6.54 Å². The maximum absolute atomic E-state index is 8.92. The second-order valence-electron chi connectivity index (χ2n) is 5.04. The molecule has 0 atom stereocenters. The van der Waals surface area contributed by atoms with Crippen LogP contribution in [0.15, 0.2) is 73.1 Å². The first-order valence-corrected chi connectivity index (χ1v) is 7.21. The van der Waals surface area contributed by atoms with Crippen molar-refractivity contribution in [2.75, 3.05) is 0 Å². The van der Waals surface area contributed by atoms with Crippen LogP contribution in [0.3, 0.4) is 0 Å². The minimum Gasteiger partial charge on any atom is -0.330 e. The minimum absolute atomic E-state index is 0.113. The lowest BCUT2D eigenvalue weighted by Crippen LogP contribution is -2.31. The monoisotopic (exact) mass is 284 g/mol. The lowest BCUT2D eigenvalue weighted by molar-refractivity contribution is 0.856. The van der Waals surface area contributed by atoms with Crippen molar-refractivity contribution >= 4 is 13.0 Å². The molecule has 22 heavy (non-hydrogen) atoms. The molecule has 0 unspecified atom stereocenters. The Bertz CT molecular complexity index is 720. The topological polar surface area (TPSA) is 41.6 Å². The molecule has 2 aromatic carbocycles. The summed E-state index contributed by atoms with van der Waals surface area (Å²) in [5.74, 6) is 0.113. The molecule has 3 aromatic rings. The maximum atomic E-state index is 8.92. The Morgan fingerprint density at radius 1 is 1.00 bits per heavy atom. The van der Waals surface area contributed by atoms with Gasteiger partial charge in [0.1, 0.15) is 6.54 Å². The van der Waals surface area contributed by atoms with E-state index in [9.17, 15) is 0 Å². The molecule has 1 radical (unpaired) electrons. The highest BCUT2D eigenvalue weighted by Crippen LogP contribution is 2.22. The molecule has 105 valence electrons. The van der Waals surface area contributed by atoms with E-state index in [0.29, 0.717) is 6.54 Å². The van der Waals surface area contributed by atoms with Crippen LogP contribution < -0.4 is 5.72 Å². The van der Waals surface area contributed by atoms with E-state index >= 15 is 0 Å². The molecule has 0 bridgehead atoms. The van der Waals surface area contributed by atoms with E-state index in [4.69, 9.17) is 5.26 Å². The zero-order chi connectivity index (χ0) is 15.2. The highest BCUT2D eigenvalue weighted by molar-refractivity contribution is 6.54. The third kappa shape index (κ3) is 3.10. The first kappa shape index (κ1) is 14.2.